The zero-order valence-electron chi connectivity index (χ0n) is 18.1. The van der Waals surface area contributed by atoms with Gasteiger partial charge >= 0.3 is 0 Å². The van der Waals surface area contributed by atoms with E-state index in [9.17, 15) is 19.8 Å². The number of aromatic hydroxyl groups is 1. The molecular formula is C25H26O6. The third-order valence-electron chi connectivity index (χ3n) is 6.08. The molecule has 3 aromatic rings. The summed E-state index contributed by atoms with van der Waals surface area (Å²) in [4.78, 5) is 25.9. The number of Topliss-reactive ketones (excluding diaryl/α,β-unsaturated/α-hetero) is 1. The van der Waals surface area contributed by atoms with Crippen LogP contribution in [0.4, 0.5) is 0 Å². The van der Waals surface area contributed by atoms with Crippen LogP contribution in [0.2, 0.25) is 0 Å². The van der Waals surface area contributed by atoms with Gasteiger partial charge in [0, 0.05) is 29.4 Å². The molecule has 1 aliphatic heterocycles. The van der Waals surface area contributed by atoms with E-state index in [0.29, 0.717) is 16.9 Å². The lowest BCUT2D eigenvalue weighted by molar-refractivity contribution is -0.121. The van der Waals surface area contributed by atoms with Crippen molar-refractivity contribution in [1.82, 2.24) is 0 Å². The van der Waals surface area contributed by atoms with Gasteiger partial charge in [0.05, 0.1) is 18.1 Å². The fourth-order valence-corrected chi connectivity index (χ4v) is 4.18. The lowest BCUT2D eigenvalue weighted by Gasteiger charge is -2.32. The average Bonchev–Trinajstić information content (AvgIpc) is 2.69. The summed E-state index contributed by atoms with van der Waals surface area (Å²) in [5.41, 5.74) is 2.37. The number of phenols is 1. The Bertz CT molecular complexity index is 1300. The van der Waals surface area contributed by atoms with Gasteiger partial charge in [-0.15, -0.1) is 0 Å². The molecule has 0 fully saturated rings. The number of ketones is 1. The van der Waals surface area contributed by atoms with Gasteiger partial charge < -0.3 is 19.4 Å². The molecule has 0 bridgehead atoms. The van der Waals surface area contributed by atoms with E-state index in [1.807, 2.05) is 27.7 Å². The smallest absolute Gasteiger partial charge is 0.204 e. The lowest BCUT2D eigenvalue weighted by atomic mass is 9.85. The van der Waals surface area contributed by atoms with Gasteiger partial charge in [0.2, 0.25) is 5.43 Å². The third-order valence-corrected chi connectivity index (χ3v) is 6.08. The predicted molar refractivity (Wildman–Crippen MR) is 119 cm³/mol. The highest BCUT2D eigenvalue weighted by Gasteiger charge is 2.34. The molecule has 0 radical (unpaired) electrons. The van der Waals surface area contributed by atoms with Gasteiger partial charge in [-0.2, -0.15) is 0 Å². The van der Waals surface area contributed by atoms with E-state index >= 15 is 0 Å². The van der Waals surface area contributed by atoms with Gasteiger partial charge in [-0.05, 0) is 31.5 Å². The van der Waals surface area contributed by atoms with E-state index in [0.717, 1.165) is 11.1 Å². The molecule has 0 unspecified atom stereocenters. The van der Waals surface area contributed by atoms with E-state index in [2.05, 4.69) is 6.58 Å². The van der Waals surface area contributed by atoms with Crippen LogP contribution in [-0.2, 0) is 11.2 Å². The van der Waals surface area contributed by atoms with Crippen LogP contribution in [-0.4, -0.2) is 22.6 Å². The molecule has 1 aliphatic rings. The van der Waals surface area contributed by atoms with Crippen LogP contribution in [0.25, 0.3) is 21.9 Å². The summed E-state index contributed by atoms with van der Waals surface area (Å²) in [6.45, 7) is 11.4. The molecule has 2 aromatic carbocycles. The van der Waals surface area contributed by atoms with Crippen molar-refractivity contribution < 1.29 is 24.2 Å². The Balaban J connectivity index is 2.07. The van der Waals surface area contributed by atoms with Gasteiger partial charge in [-0.25, -0.2) is 0 Å². The number of rotatable bonds is 4. The number of aliphatic hydroxyl groups is 1. The SMILES string of the molecule is C=C(C)[C@H]1COc2c(C)cc3oc4c(CC(=O)C(C)C)ccc(O)c4c(=O)c3c2[C@H]1O. The summed E-state index contributed by atoms with van der Waals surface area (Å²) in [6, 6.07) is 4.70. The molecule has 162 valence electrons. The quantitative estimate of drug-likeness (QED) is 0.479. The number of ether oxygens (including phenoxy) is 1. The second-order valence-electron chi connectivity index (χ2n) is 8.70. The number of hydrogen-bond donors (Lipinski definition) is 2. The summed E-state index contributed by atoms with van der Waals surface area (Å²) in [5, 5.41) is 21.7. The number of aliphatic hydroxyl groups excluding tert-OH is 1. The first-order valence-corrected chi connectivity index (χ1v) is 10.4. The maximum Gasteiger partial charge on any atom is 0.204 e. The Morgan fingerprint density at radius 3 is 2.65 bits per heavy atom. The minimum Gasteiger partial charge on any atom is -0.507 e. The van der Waals surface area contributed by atoms with Gasteiger partial charge in [-0.1, -0.05) is 32.1 Å². The molecule has 0 saturated heterocycles. The third kappa shape index (κ3) is 3.31. The first-order valence-electron chi connectivity index (χ1n) is 10.4. The zero-order chi connectivity index (χ0) is 22.6. The highest BCUT2D eigenvalue weighted by Crippen LogP contribution is 2.44. The number of aryl methyl sites for hydroxylation is 1. The van der Waals surface area contributed by atoms with Crippen LogP contribution < -0.4 is 10.2 Å². The van der Waals surface area contributed by atoms with Crippen LogP contribution in [0.1, 0.15) is 43.6 Å². The Hall–Kier alpha value is -3.12. The zero-order valence-corrected chi connectivity index (χ0v) is 18.1. The fraction of sp³-hybridized carbons (Fsp3) is 0.360. The molecule has 6 nitrogen and oxygen atoms in total. The van der Waals surface area contributed by atoms with Crippen molar-refractivity contribution in [3.63, 3.8) is 0 Å². The van der Waals surface area contributed by atoms with Crippen molar-refractivity contribution in [3.05, 3.63) is 57.3 Å². The van der Waals surface area contributed by atoms with Crippen LogP contribution in [0.5, 0.6) is 11.5 Å². The molecule has 0 saturated carbocycles. The Kier molecular flexibility index (Phi) is 5.13. The minimum absolute atomic E-state index is 0.00254. The number of fused-ring (bicyclic) bond motifs is 4. The summed E-state index contributed by atoms with van der Waals surface area (Å²) in [7, 11) is 0. The van der Waals surface area contributed by atoms with Gasteiger partial charge in [-0.3, -0.25) is 9.59 Å². The molecule has 31 heavy (non-hydrogen) atoms. The first-order chi connectivity index (χ1) is 14.6. The lowest BCUT2D eigenvalue weighted by Crippen LogP contribution is -2.28. The molecule has 6 heteroatoms. The highest BCUT2D eigenvalue weighted by molar-refractivity contribution is 5.98. The van der Waals surface area contributed by atoms with E-state index in [4.69, 9.17) is 9.15 Å². The van der Waals surface area contributed by atoms with Crippen molar-refractivity contribution in [3.8, 4) is 11.5 Å². The minimum atomic E-state index is -0.989. The summed E-state index contributed by atoms with van der Waals surface area (Å²) < 4.78 is 12.0. The molecule has 4 rings (SSSR count). The van der Waals surface area contributed by atoms with E-state index in [-0.39, 0.29) is 58.3 Å². The normalized spacial score (nSPS) is 18.3. The molecule has 0 aliphatic carbocycles. The van der Waals surface area contributed by atoms with E-state index < -0.39 is 11.5 Å². The first kappa shape index (κ1) is 21.1. The van der Waals surface area contributed by atoms with Gasteiger partial charge in [0.1, 0.15) is 33.8 Å². The van der Waals surface area contributed by atoms with Gasteiger partial charge in [0.25, 0.3) is 0 Å². The summed E-state index contributed by atoms with van der Waals surface area (Å²) in [5.74, 6) is -0.310. The maximum atomic E-state index is 13.6. The molecule has 2 atom stereocenters. The standard InChI is InChI=1S/C25H26O6/c1-11(2)15-10-30-24-13(5)8-18-20(21(24)22(15)28)23(29)19-16(26)7-6-14(25(19)31-18)9-17(27)12(3)4/h6-8,12,15,22,26,28H,1,9-10H2,2-5H3/t15-,22+/m1/s1. The topological polar surface area (TPSA) is 97.0 Å². The second-order valence-corrected chi connectivity index (χ2v) is 8.70. The van der Waals surface area contributed by atoms with Crippen LogP contribution in [0, 0.1) is 18.8 Å². The predicted octanol–water partition coefficient (Wildman–Crippen LogP) is 4.35. The molecule has 0 spiro atoms. The number of carbonyl (C=O) groups is 1. The molecular weight excluding hydrogens is 396 g/mol. The van der Waals surface area contributed by atoms with Crippen LogP contribution >= 0.6 is 0 Å². The fourth-order valence-electron chi connectivity index (χ4n) is 4.18. The number of hydrogen-bond acceptors (Lipinski definition) is 6. The van der Waals surface area contributed by atoms with Crippen LogP contribution in [0.15, 0.2) is 39.6 Å². The Labute approximate surface area is 179 Å². The van der Waals surface area contributed by atoms with Crippen molar-refractivity contribution >= 4 is 27.7 Å². The van der Waals surface area contributed by atoms with Crippen molar-refractivity contribution in [1.29, 1.82) is 0 Å². The number of phenolic OH excluding ortho intramolecular Hbond substituents is 1. The van der Waals surface area contributed by atoms with Crippen molar-refractivity contribution in [2.24, 2.45) is 11.8 Å². The summed E-state index contributed by atoms with van der Waals surface area (Å²) in [6.07, 6.45) is -0.895. The number of carbonyl (C=O) groups excluding carboxylic acids is 1. The molecule has 0 amide bonds. The summed E-state index contributed by atoms with van der Waals surface area (Å²) >= 11 is 0. The molecule has 2 N–H and O–H groups in total. The average molecular weight is 422 g/mol. The Morgan fingerprint density at radius 2 is 2.00 bits per heavy atom. The maximum absolute atomic E-state index is 13.6. The van der Waals surface area contributed by atoms with Crippen molar-refractivity contribution in [2.75, 3.05) is 6.61 Å². The number of benzene rings is 2. The van der Waals surface area contributed by atoms with Crippen LogP contribution in [0.3, 0.4) is 0 Å². The largest absolute Gasteiger partial charge is 0.507 e. The Morgan fingerprint density at radius 1 is 1.29 bits per heavy atom. The molecule has 2 heterocycles. The molecule has 1 aromatic heterocycles. The van der Waals surface area contributed by atoms with E-state index in [1.165, 1.54) is 6.07 Å². The monoisotopic (exact) mass is 422 g/mol. The van der Waals surface area contributed by atoms with E-state index in [1.54, 1.807) is 12.1 Å². The second kappa shape index (κ2) is 7.54. The van der Waals surface area contributed by atoms with Gasteiger partial charge in [0.15, 0.2) is 0 Å². The van der Waals surface area contributed by atoms with Crippen molar-refractivity contribution in [2.45, 2.75) is 40.2 Å². The highest BCUT2D eigenvalue weighted by atomic mass is 16.5.